The van der Waals surface area contributed by atoms with Crippen molar-refractivity contribution in [3.63, 3.8) is 0 Å². The van der Waals surface area contributed by atoms with Crippen molar-refractivity contribution in [2.45, 2.75) is 129 Å². The molecule has 1 heterocycles. The number of nitrogens with one attached hydrogen (secondary N) is 6. The number of benzene rings is 2. The van der Waals surface area contributed by atoms with Gasteiger partial charge in [0.25, 0.3) is 5.91 Å². The monoisotopic (exact) mass is 1000 g/mol. The zero-order valence-electron chi connectivity index (χ0n) is 42.2. The molecule has 1 aliphatic heterocycles. The van der Waals surface area contributed by atoms with E-state index < -0.39 is 120 Å². The van der Waals surface area contributed by atoms with Gasteiger partial charge in [-0.25, -0.2) is 9.59 Å². The number of phenols is 1. The lowest BCUT2D eigenvalue weighted by atomic mass is 9.94. The van der Waals surface area contributed by atoms with Crippen LogP contribution in [0.1, 0.15) is 84.8 Å². The first-order chi connectivity index (χ1) is 33.9. The summed E-state index contributed by atoms with van der Waals surface area (Å²) in [7, 11) is 2.83. The van der Waals surface area contributed by atoms with E-state index in [-0.39, 0.29) is 36.5 Å². The molecule has 2 aromatic rings. The lowest BCUT2D eigenvalue weighted by Gasteiger charge is -2.27. The Balaban J connectivity index is 2.13. The average Bonchev–Trinajstić information content (AvgIpc) is 3.34. The molecule has 7 amide bonds. The lowest BCUT2D eigenvalue weighted by Crippen LogP contribution is -2.57. The molecule has 0 spiro atoms. The number of carbonyl (C=O) groups is 9. The van der Waals surface area contributed by atoms with Crippen LogP contribution in [0, 0.1) is 17.8 Å². The van der Waals surface area contributed by atoms with Gasteiger partial charge in [0.2, 0.25) is 35.4 Å². The van der Waals surface area contributed by atoms with E-state index in [0.717, 1.165) is 10.5 Å². The van der Waals surface area contributed by atoms with Gasteiger partial charge in [0.15, 0.2) is 0 Å². The minimum Gasteiger partial charge on any atom is -0.508 e. The number of aliphatic carboxylic acids is 2. The van der Waals surface area contributed by atoms with Crippen molar-refractivity contribution < 1.29 is 63.2 Å². The predicted molar refractivity (Wildman–Crippen MR) is 266 cm³/mol. The molecule has 3 rings (SSSR count). The fourth-order valence-electron chi connectivity index (χ4n) is 7.66. The van der Waals surface area contributed by atoms with Gasteiger partial charge in [-0.05, 0) is 62.3 Å². The summed E-state index contributed by atoms with van der Waals surface area (Å²) < 4.78 is 5.82. The second-order valence-electron chi connectivity index (χ2n) is 18.4. The van der Waals surface area contributed by atoms with Gasteiger partial charge in [0, 0.05) is 32.9 Å². The van der Waals surface area contributed by atoms with Gasteiger partial charge in [0.05, 0.1) is 24.5 Å². The molecule has 1 aliphatic rings. The van der Waals surface area contributed by atoms with Crippen LogP contribution in [0.2, 0.25) is 0 Å². The first-order valence-electron chi connectivity index (χ1n) is 23.9. The van der Waals surface area contributed by atoms with E-state index in [1.165, 1.54) is 51.2 Å². The van der Waals surface area contributed by atoms with Gasteiger partial charge in [-0.2, -0.15) is 0 Å². The number of likely N-dealkylation sites (N-methyl/N-ethyl adjacent to an activating group) is 1. The van der Waals surface area contributed by atoms with Crippen LogP contribution in [0.4, 0.5) is 0 Å². The molecule has 0 saturated carbocycles. The Morgan fingerprint density at radius 2 is 1.42 bits per heavy atom. The van der Waals surface area contributed by atoms with Crippen molar-refractivity contribution in [3.05, 3.63) is 102 Å². The third kappa shape index (κ3) is 18.8. The van der Waals surface area contributed by atoms with Crippen LogP contribution in [0.15, 0.2) is 90.7 Å². The first-order valence-corrected chi connectivity index (χ1v) is 23.9. The molecule has 0 radical (unpaired) electrons. The highest BCUT2D eigenvalue weighted by atomic mass is 16.5. The SMILES string of the molecule is C=C1C(=O)N[C@H](C)C(=O)N[C@@H](CC(C)CC)C(=O)N[C@@H](C(=O)O)CC(=O)N[C@@H](Cc2ccc(O)cc2)C(=O)N[C@@H](/C=C/C(C)=C/[C@H](C)[C@H](Cc2ccccc2)OC)[C@H](C)C(=O)N[C@@H](C(=O)O)CCC(=O)N1C. The Morgan fingerprint density at radius 1 is 0.806 bits per heavy atom. The molecule has 20 nitrogen and oxygen atoms in total. The minimum atomic E-state index is -1.86. The van der Waals surface area contributed by atoms with E-state index in [1.54, 1.807) is 27.0 Å². The van der Waals surface area contributed by atoms with Crippen LogP contribution in [0.3, 0.4) is 0 Å². The Kier molecular flexibility index (Phi) is 23.3. The van der Waals surface area contributed by atoms with Gasteiger partial charge in [-0.15, -0.1) is 0 Å². The molecule has 20 heteroatoms. The molecule has 2 aromatic carbocycles. The molecule has 72 heavy (non-hydrogen) atoms. The molecule has 9 N–H and O–H groups in total. The van der Waals surface area contributed by atoms with E-state index in [0.29, 0.717) is 24.0 Å². The van der Waals surface area contributed by atoms with Crippen molar-refractivity contribution in [2.24, 2.45) is 17.8 Å². The quantitative estimate of drug-likeness (QED) is 0.0973. The number of carboxylic acids is 2. The van der Waals surface area contributed by atoms with Crippen LogP contribution in [0.5, 0.6) is 5.75 Å². The number of phenolic OH excluding ortho intramolecular Hbond substituents is 1. The Labute approximate surface area is 420 Å². The number of carbonyl (C=O) groups excluding carboxylic acids is 7. The maximum absolute atomic E-state index is 14.5. The van der Waals surface area contributed by atoms with Crippen molar-refractivity contribution >= 4 is 53.3 Å². The normalized spacial score (nSPS) is 24.5. The number of hydrogen-bond acceptors (Lipinski definition) is 11. The van der Waals surface area contributed by atoms with Crippen molar-refractivity contribution in [2.75, 3.05) is 14.2 Å². The minimum absolute atomic E-state index is 0.0328. The van der Waals surface area contributed by atoms with E-state index in [1.807, 2.05) is 50.3 Å². The molecule has 1 unspecified atom stereocenters. The summed E-state index contributed by atoms with van der Waals surface area (Å²) in [6.07, 6.45) is 4.13. The van der Waals surface area contributed by atoms with Gasteiger partial charge >= 0.3 is 11.9 Å². The third-order valence-corrected chi connectivity index (χ3v) is 12.6. The summed E-state index contributed by atoms with van der Waals surface area (Å²) in [6.45, 7) is 13.8. The number of aromatic hydroxyl groups is 1. The van der Waals surface area contributed by atoms with Crippen LogP contribution < -0.4 is 31.9 Å². The summed E-state index contributed by atoms with van der Waals surface area (Å²) in [4.78, 5) is 122. The van der Waals surface area contributed by atoms with Crippen LogP contribution in [-0.4, -0.2) is 130 Å². The highest BCUT2D eigenvalue weighted by Crippen LogP contribution is 2.19. The highest BCUT2D eigenvalue weighted by Gasteiger charge is 2.35. The fraction of sp³-hybridized carbons (Fsp3) is 0.481. The molecular formula is C52H71N7O13. The van der Waals surface area contributed by atoms with Crippen LogP contribution in [0.25, 0.3) is 0 Å². The second-order valence-corrected chi connectivity index (χ2v) is 18.4. The zero-order chi connectivity index (χ0) is 53.8. The van der Waals surface area contributed by atoms with Crippen molar-refractivity contribution in [1.82, 2.24) is 36.8 Å². The number of hydrogen-bond donors (Lipinski definition) is 9. The Morgan fingerprint density at radius 3 is 2.01 bits per heavy atom. The van der Waals surface area contributed by atoms with Crippen molar-refractivity contribution in [3.8, 4) is 5.75 Å². The fourth-order valence-corrected chi connectivity index (χ4v) is 7.66. The molecule has 1 saturated heterocycles. The van der Waals surface area contributed by atoms with Gasteiger partial charge < -0.3 is 56.9 Å². The summed E-state index contributed by atoms with van der Waals surface area (Å²) in [5.74, 6) is -10.9. The van der Waals surface area contributed by atoms with Crippen molar-refractivity contribution in [1.29, 1.82) is 0 Å². The maximum atomic E-state index is 14.5. The number of methoxy groups -OCH3 is 1. The number of rotatable bonds is 14. The third-order valence-electron chi connectivity index (χ3n) is 12.6. The average molecular weight is 1000 g/mol. The molecular weight excluding hydrogens is 931 g/mol. The Hall–Kier alpha value is -7.35. The lowest BCUT2D eigenvalue weighted by molar-refractivity contribution is -0.144. The topological polar surface area (TPSA) is 299 Å². The number of nitrogens with zero attached hydrogens (tertiary/aromatic N) is 1. The number of ether oxygens (including phenoxy) is 1. The standard InChI is InChI=1S/C52H71N7O13/c1-10-29(2)25-40-49(66)58-42(52(70)71)28-44(61)54-41(26-36-17-19-37(60)20-18-36)50(67)55-38(21-16-30(3)24-31(4)43(72-9)27-35-14-12-11-13-15-35)32(5)46(63)56-39(51(68)69)22-23-45(62)59(8)34(7)48(65)53-33(6)47(64)57-40/h11-21,24,29,31-33,38-43,60H,7,10,22-23,25-28H2,1-6,8-9H3,(H,53,65)(H,54,61)(H,55,67)(H,56,63)(H,57,64)(H,58,66)(H,68,69)(H,70,71)/b21-16+,30-24+/t29?,31-,32-,33+,38-,39+,40-,41-,42+,43-/m0/s1. The van der Waals surface area contributed by atoms with Gasteiger partial charge in [-0.1, -0.05) is 107 Å². The van der Waals surface area contributed by atoms with Gasteiger partial charge in [0.1, 0.15) is 41.7 Å². The van der Waals surface area contributed by atoms with E-state index in [4.69, 9.17) is 4.74 Å². The molecule has 0 aliphatic carbocycles. The number of allylic oxidation sites excluding steroid dienone is 2. The molecule has 1 fully saturated rings. The zero-order valence-corrected chi connectivity index (χ0v) is 42.2. The summed E-state index contributed by atoms with van der Waals surface area (Å²) in [5.41, 5.74) is 1.82. The van der Waals surface area contributed by atoms with E-state index in [2.05, 4.69) is 38.5 Å². The second kappa shape index (κ2) is 28.5. The first kappa shape index (κ1) is 59.0. The number of carboxylic acid groups (broad SMARTS) is 2. The van der Waals surface area contributed by atoms with Crippen LogP contribution in [-0.2, 0) is 60.7 Å². The highest BCUT2D eigenvalue weighted by molar-refractivity contribution is 6.00. The van der Waals surface area contributed by atoms with Crippen LogP contribution >= 0.6 is 0 Å². The Bertz CT molecular complexity index is 2320. The maximum Gasteiger partial charge on any atom is 0.326 e. The largest absolute Gasteiger partial charge is 0.508 e. The summed E-state index contributed by atoms with van der Waals surface area (Å²) in [5, 5.41) is 45.4. The summed E-state index contributed by atoms with van der Waals surface area (Å²) >= 11 is 0. The van der Waals surface area contributed by atoms with Gasteiger partial charge in [-0.3, -0.25) is 33.6 Å². The summed E-state index contributed by atoms with van der Waals surface area (Å²) in [6, 6.07) is 6.69. The van der Waals surface area contributed by atoms with E-state index in [9.17, 15) is 58.5 Å². The molecule has 0 bridgehead atoms. The smallest absolute Gasteiger partial charge is 0.326 e. The van der Waals surface area contributed by atoms with E-state index >= 15 is 0 Å². The number of amides is 7. The molecule has 0 aromatic heterocycles. The predicted octanol–water partition coefficient (Wildman–Crippen LogP) is 2.66. The molecule has 10 atom stereocenters. The molecule has 392 valence electrons.